The van der Waals surface area contributed by atoms with E-state index in [1.807, 2.05) is 54.6 Å². The number of benzene rings is 3. The van der Waals surface area contributed by atoms with E-state index in [1.54, 1.807) is 25.1 Å². The van der Waals surface area contributed by atoms with Crippen LogP contribution in [0.1, 0.15) is 27.0 Å². The van der Waals surface area contributed by atoms with Gasteiger partial charge in [0.15, 0.2) is 5.76 Å². The molecule has 144 valence electrons. The van der Waals surface area contributed by atoms with Crippen molar-refractivity contribution < 1.29 is 19.1 Å². The van der Waals surface area contributed by atoms with Gasteiger partial charge in [-0.25, -0.2) is 0 Å². The number of Topliss-reactive ketones (excluding diaryl/α,β-unsaturated/α-hetero) is 1. The van der Waals surface area contributed by atoms with Gasteiger partial charge in [0.25, 0.3) is 0 Å². The first-order valence-electron chi connectivity index (χ1n) is 9.09. The van der Waals surface area contributed by atoms with Gasteiger partial charge in [0.2, 0.25) is 5.78 Å². The third-order valence-corrected chi connectivity index (χ3v) is 5.28. The summed E-state index contributed by atoms with van der Waals surface area (Å²) in [6, 6.07) is 20.2. The van der Waals surface area contributed by atoms with Crippen LogP contribution in [0.2, 0.25) is 0 Å². The molecule has 1 aliphatic rings. The molecular weight excluding hydrogens is 432 g/mol. The van der Waals surface area contributed by atoms with Crippen LogP contribution in [0.25, 0.3) is 6.08 Å². The van der Waals surface area contributed by atoms with Crippen molar-refractivity contribution in [2.45, 2.75) is 13.3 Å². The van der Waals surface area contributed by atoms with Crippen LogP contribution in [-0.4, -0.2) is 11.8 Å². The lowest BCUT2D eigenvalue weighted by Crippen LogP contribution is -2.11. The summed E-state index contributed by atoms with van der Waals surface area (Å²) >= 11 is 3.47. The number of carbonyl (C=O) groups excluding carboxylic acids is 2. The summed E-state index contributed by atoms with van der Waals surface area (Å²) in [5, 5.41) is 0. The molecule has 0 bridgehead atoms. The molecule has 0 fully saturated rings. The quantitative estimate of drug-likeness (QED) is 0.299. The number of hydrogen-bond donors (Lipinski definition) is 0. The number of carbonyl (C=O) groups is 2. The smallest absolute Gasteiger partial charge is 0.315 e. The monoisotopic (exact) mass is 448 g/mol. The van der Waals surface area contributed by atoms with Gasteiger partial charge in [0, 0.05) is 10.5 Å². The molecule has 0 saturated carbocycles. The number of fused-ring (bicyclic) bond motifs is 1. The highest BCUT2D eigenvalue weighted by molar-refractivity contribution is 9.10. The summed E-state index contributed by atoms with van der Waals surface area (Å²) in [6.45, 7) is 1.80. The highest BCUT2D eigenvalue weighted by Crippen LogP contribution is 2.38. The molecule has 0 amide bonds. The maximum Gasteiger partial charge on any atom is 0.315 e. The molecule has 4 nitrogen and oxygen atoms in total. The van der Waals surface area contributed by atoms with Crippen molar-refractivity contribution in [2.75, 3.05) is 0 Å². The third-order valence-electron chi connectivity index (χ3n) is 4.56. The largest absolute Gasteiger partial charge is 0.452 e. The van der Waals surface area contributed by atoms with E-state index in [1.165, 1.54) is 0 Å². The molecule has 1 heterocycles. The van der Waals surface area contributed by atoms with Crippen molar-refractivity contribution in [3.05, 3.63) is 99.2 Å². The molecule has 0 aliphatic carbocycles. The van der Waals surface area contributed by atoms with Gasteiger partial charge in [-0.1, -0.05) is 64.5 Å². The number of rotatable bonds is 4. The number of allylic oxidation sites excluding steroid dienone is 1. The number of aryl methyl sites for hydroxylation is 1. The van der Waals surface area contributed by atoms with Gasteiger partial charge in [0.1, 0.15) is 11.5 Å². The summed E-state index contributed by atoms with van der Waals surface area (Å²) < 4.78 is 12.1. The highest BCUT2D eigenvalue weighted by Gasteiger charge is 2.30. The predicted molar refractivity (Wildman–Crippen MR) is 114 cm³/mol. The molecule has 1 aliphatic heterocycles. The Morgan fingerprint density at radius 2 is 1.79 bits per heavy atom. The highest BCUT2D eigenvalue weighted by atomic mass is 79.9. The van der Waals surface area contributed by atoms with E-state index in [9.17, 15) is 9.59 Å². The Morgan fingerprint density at radius 1 is 1.07 bits per heavy atom. The molecule has 0 atom stereocenters. The average molecular weight is 449 g/mol. The Morgan fingerprint density at radius 3 is 2.55 bits per heavy atom. The minimum Gasteiger partial charge on any atom is -0.452 e. The number of hydrogen-bond acceptors (Lipinski definition) is 4. The minimum atomic E-state index is -0.371. The van der Waals surface area contributed by atoms with Gasteiger partial charge in [-0.05, 0) is 41.8 Å². The Kier molecular flexibility index (Phi) is 5.32. The summed E-state index contributed by atoms with van der Waals surface area (Å²) in [7, 11) is 0. The zero-order chi connectivity index (χ0) is 20.4. The molecule has 3 aromatic rings. The molecule has 0 spiro atoms. The second-order valence-electron chi connectivity index (χ2n) is 6.71. The van der Waals surface area contributed by atoms with E-state index in [2.05, 4.69) is 15.9 Å². The van der Waals surface area contributed by atoms with E-state index in [0.29, 0.717) is 22.6 Å². The van der Waals surface area contributed by atoms with Crippen LogP contribution < -0.4 is 9.47 Å². The van der Waals surface area contributed by atoms with Gasteiger partial charge < -0.3 is 9.47 Å². The van der Waals surface area contributed by atoms with Crippen molar-refractivity contribution >= 4 is 33.8 Å². The zero-order valence-electron chi connectivity index (χ0n) is 15.6. The van der Waals surface area contributed by atoms with Crippen molar-refractivity contribution in [3.63, 3.8) is 0 Å². The van der Waals surface area contributed by atoms with Gasteiger partial charge in [0.05, 0.1) is 12.0 Å². The van der Waals surface area contributed by atoms with E-state index in [4.69, 9.17) is 9.47 Å². The zero-order valence-corrected chi connectivity index (χ0v) is 17.2. The van der Waals surface area contributed by atoms with Gasteiger partial charge in [-0.15, -0.1) is 0 Å². The number of halogens is 1. The van der Waals surface area contributed by atoms with Gasteiger partial charge in [-0.2, -0.15) is 0 Å². The fourth-order valence-electron chi connectivity index (χ4n) is 3.20. The summed E-state index contributed by atoms with van der Waals surface area (Å²) in [5.41, 5.74) is 2.91. The first-order valence-corrected chi connectivity index (χ1v) is 9.88. The molecular formula is C24H17BrO4. The van der Waals surface area contributed by atoms with Crippen LogP contribution in [0.5, 0.6) is 11.5 Å². The summed E-state index contributed by atoms with van der Waals surface area (Å²) in [4.78, 5) is 25.0. The van der Waals surface area contributed by atoms with Crippen molar-refractivity contribution in [2.24, 2.45) is 0 Å². The molecule has 3 aromatic carbocycles. The Bertz CT molecular complexity index is 1130. The molecule has 29 heavy (non-hydrogen) atoms. The van der Waals surface area contributed by atoms with Gasteiger partial charge >= 0.3 is 5.97 Å². The minimum absolute atomic E-state index is 0.171. The summed E-state index contributed by atoms with van der Waals surface area (Å²) in [6.07, 6.45) is 1.87. The van der Waals surface area contributed by atoms with Crippen molar-refractivity contribution in [1.29, 1.82) is 0 Å². The van der Waals surface area contributed by atoms with Crippen LogP contribution in [0.3, 0.4) is 0 Å². The molecule has 0 N–H and O–H groups in total. The fraction of sp³-hybridized carbons (Fsp3) is 0.0833. The van der Waals surface area contributed by atoms with E-state index in [-0.39, 0.29) is 23.9 Å². The van der Waals surface area contributed by atoms with Crippen LogP contribution in [0.15, 0.2) is 77.0 Å². The lowest BCUT2D eigenvalue weighted by Gasteiger charge is -2.08. The van der Waals surface area contributed by atoms with Crippen LogP contribution in [0, 0.1) is 6.92 Å². The first kappa shape index (κ1) is 19.2. The number of ether oxygens (including phenoxy) is 2. The number of esters is 1. The molecule has 0 aromatic heterocycles. The lowest BCUT2D eigenvalue weighted by atomic mass is 10.0. The van der Waals surface area contributed by atoms with Gasteiger partial charge in [-0.3, -0.25) is 9.59 Å². The topological polar surface area (TPSA) is 52.6 Å². The molecule has 0 saturated heterocycles. The Hall–Kier alpha value is -3.18. The second kappa shape index (κ2) is 8.05. The molecule has 4 rings (SSSR count). The third kappa shape index (κ3) is 4.15. The SMILES string of the molecule is Cc1cc(OC(=O)Cc2ccccc2)cc2c1C(=O)/C(=C/c1ccccc1Br)O2. The average Bonchev–Trinajstić information content (AvgIpc) is 3.00. The second-order valence-corrected chi connectivity index (χ2v) is 7.57. The normalized spacial score (nSPS) is 13.9. The van der Waals surface area contributed by atoms with Crippen LogP contribution in [-0.2, 0) is 11.2 Å². The predicted octanol–water partition coefficient (Wildman–Crippen LogP) is 5.52. The number of ketones is 1. The standard InChI is InChI=1S/C24H17BrO4/c1-15-11-18(28-22(26)12-16-7-3-2-4-8-16)14-20-23(15)24(27)21(29-20)13-17-9-5-6-10-19(17)25/h2-11,13-14H,12H2,1H3/b21-13-. The van der Waals surface area contributed by atoms with Crippen LogP contribution >= 0.6 is 15.9 Å². The first-order chi connectivity index (χ1) is 14.0. The fourth-order valence-corrected chi connectivity index (χ4v) is 3.60. The summed E-state index contributed by atoms with van der Waals surface area (Å²) in [5.74, 6) is 0.440. The molecule has 0 radical (unpaired) electrons. The van der Waals surface area contributed by atoms with Crippen LogP contribution in [0.4, 0.5) is 0 Å². The maximum atomic E-state index is 12.8. The van der Waals surface area contributed by atoms with E-state index in [0.717, 1.165) is 15.6 Å². The van der Waals surface area contributed by atoms with Crippen molar-refractivity contribution in [3.8, 4) is 11.5 Å². The van der Waals surface area contributed by atoms with Crippen molar-refractivity contribution in [1.82, 2.24) is 0 Å². The maximum absolute atomic E-state index is 12.8. The Labute approximate surface area is 176 Å². The molecule has 0 unspecified atom stereocenters. The van der Waals surface area contributed by atoms with E-state index >= 15 is 0 Å². The van der Waals surface area contributed by atoms with E-state index < -0.39 is 0 Å². The molecule has 5 heteroatoms. The lowest BCUT2D eigenvalue weighted by molar-refractivity contribution is -0.133. The Balaban J connectivity index is 1.56.